The molecule has 1 heterocycles. The van der Waals surface area contributed by atoms with Crippen molar-refractivity contribution in [2.45, 2.75) is 19.3 Å². The molecule has 0 saturated carbocycles. The van der Waals surface area contributed by atoms with E-state index in [4.69, 9.17) is 9.47 Å². The largest absolute Gasteiger partial charge is 0.490 e. The molecule has 0 fully saturated rings. The van der Waals surface area contributed by atoms with Crippen molar-refractivity contribution in [1.29, 1.82) is 0 Å². The Morgan fingerprint density at radius 3 is 2.68 bits per heavy atom. The van der Waals surface area contributed by atoms with Gasteiger partial charge in [0.2, 0.25) is 0 Å². The summed E-state index contributed by atoms with van der Waals surface area (Å²) in [5.41, 5.74) is 1.37. The fourth-order valence-corrected chi connectivity index (χ4v) is 3.71. The molecule has 9 heteroatoms. The molecule has 168 valence electrons. The number of halogens is 1. The number of benzene rings is 2. The number of rotatable bonds is 8. The van der Waals surface area contributed by atoms with Crippen molar-refractivity contribution in [3.05, 3.63) is 53.8 Å². The summed E-state index contributed by atoms with van der Waals surface area (Å²) in [6.45, 7) is 2.00. The summed E-state index contributed by atoms with van der Waals surface area (Å²) in [5.74, 6) is 1.67. The fourth-order valence-electron chi connectivity index (χ4n) is 3.05. The maximum absolute atomic E-state index is 13.9. The van der Waals surface area contributed by atoms with E-state index in [-0.39, 0.29) is 11.6 Å². The van der Waals surface area contributed by atoms with Crippen LogP contribution in [0.25, 0.3) is 0 Å². The van der Waals surface area contributed by atoms with E-state index in [2.05, 4.69) is 15.6 Å². The molecule has 2 aromatic carbocycles. The smallest absolute Gasteiger partial charge is 0.195 e. The van der Waals surface area contributed by atoms with Gasteiger partial charge in [-0.25, -0.2) is 12.8 Å². The van der Waals surface area contributed by atoms with Crippen molar-refractivity contribution in [1.82, 2.24) is 5.32 Å². The van der Waals surface area contributed by atoms with Crippen molar-refractivity contribution >= 4 is 21.5 Å². The molecule has 7 nitrogen and oxygen atoms in total. The summed E-state index contributed by atoms with van der Waals surface area (Å²) in [7, 11) is -3.03. The zero-order valence-corrected chi connectivity index (χ0v) is 18.4. The highest BCUT2D eigenvalue weighted by Crippen LogP contribution is 2.32. The third-order valence-corrected chi connectivity index (χ3v) is 5.63. The monoisotopic (exact) mass is 449 g/mol. The Kier molecular flexibility index (Phi) is 8.11. The number of nitrogens with zero attached hydrogens (tertiary/aromatic N) is 1. The first-order valence-electron chi connectivity index (χ1n) is 10.3. The van der Waals surface area contributed by atoms with Gasteiger partial charge in [0.05, 0.1) is 19.0 Å². The van der Waals surface area contributed by atoms with Crippen molar-refractivity contribution in [3.63, 3.8) is 0 Å². The molecule has 3 rings (SSSR count). The zero-order valence-electron chi connectivity index (χ0n) is 17.6. The lowest BCUT2D eigenvalue weighted by atomic mass is 10.1. The zero-order chi connectivity index (χ0) is 22.1. The molecule has 0 unspecified atom stereocenters. The van der Waals surface area contributed by atoms with Crippen LogP contribution in [-0.4, -0.2) is 52.7 Å². The minimum atomic E-state index is -3.03. The van der Waals surface area contributed by atoms with Gasteiger partial charge in [0.25, 0.3) is 0 Å². The molecule has 0 bridgehead atoms. The van der Waals surface area contributed by atoms with Crippen LogP contribution in [-0.2, 0) is 16.3 Å². The van der Waals surface area contributed by atoms with Gasteiger partial charge in [-0.05, 0) is 36.6 Å². The molecule has 0 amide bonds. The first-order chi connectivity index (χ1) is 14.9. The second-order valence-electron chi connectivity index (χ2n) is 7.32. The summed E-state index contributed by atoms with van der Waals surface area (Å²) >= 11 is 0. The number of hydrogen-bond acceptors (Lipinski definition) is 5. The lowest BCUT2D eigenvalue weighted by molar-refractivity contribution is 0.297. The van der Waals surface area contributed by atoms with Crippen LogP contribution in [0.1, 0.15) is 18.4 Å². The molecule has 0 aromatic heterocycles. The van der Waals surface area contributed by atoms with E-state index >= 15 is 0 Å². The lowest BCUT2D eigenvalue weighted by Gasteiger charge is -2.15. The summed E-state index contributed by atoms with van der Waals surface area (Å²) in [6.07, 6.45) is 2.93. The molecule has 0 atom stereocenters. The molecule has 1 aliphatic rings. The Labute approximate surface area is 182 Å². The molecule has 0 spiro atoms. The van der Waals surface area contributed by atoms with Crippen LogP contribution in [0.15, 0.2) is 47.5 Å². The summed E-state index contributed by atoms with van der Waals surface area (Å²) in [6, 6.07) is 12.2. The molecule has 2 N–H and O–H groups in total. The number of ether oxygens (including phenoxy) is 2. The normalized spacial score (nSPS) is 14.1. The van der Waals surface area contributed by atoms with Gasteiger partial charge in [-0.1, -0.05) is 18.2 Å². The highest BCUT2D eigenvalue weighted by atomic mass is 32.2. The molecule has 0 aliphatic carbocycles. The first-order valence-corrected chi connectivity index (χ1v) is 12.3. The Bertz CT molecular complexity index is 1010. The molecular formula is C22H28FN3O4S. The minimum Gasteiger partial charge on any atom is -0.490 e. The standard InChI is InChI=1S/C22H28FN3O4S/c1-31(27,28)15-4-11-24-22(25-12-10-17-6-2-3-7-19(17)23)26-18-8-9-20-21(16-18)30-14-5-13-29-20/h2-3,6-9,16H,4-5,10-15H2,1H3,(H2,24,25,26). The number of aliphatic imine (C=N–C) groups is 1. The van der Waals surface area contributed by atoms with Gasteiger partial charge in [-0.15, -0.1) is 0 Å². The van der Waals surface area contributed by atoms with Gasteiger partial charge in [-0.2, -0.15) is 0 Å². The van der Waals surface area contributed by atoms with Crippen molar-refractivity contribution in [3.8, 4) is 11.5 Å². The Hall–Kier alpha value is -2.81. The molecule has 2 aromatic rings. The molecule has 31 heavy (non-hydrogen) atoms. The highest BCUT2D eigenvalue weighted by molar-refractivity contribution is 7.90. The summed E-state index contributed by atoms with van der Waals surface area (Å²) in [5, 5.41) is 6.39. The van der Waals surface area contributed by atoms with E-state index in [0.717, 1.165) is 12.1 Å². The van der Waals surface area contributed by atoms with Crippen molar-refractivity contribution < 1.29 is 22.3 Å². The van der Waals surface area contributed by atoms with E-state index in [9.17, 15) is 12.8 Å². The first kappa shape index (κ1) is 22.9. The second-order valence-corrected chi connectivity index (χ2v) is 9.58. The molecule has 0 saturated heterocycles. The Morgan fingerprint density at radius 2 is 1.90 bits per heavy atom. The quantitative estimate of drug-likeness (QED) is 0.366. The molecular weight excluding hydrogens is 421 g/mol. The van der Waals surface area contributed by atoms with Crippen LogP contribution in [0, 0.1) is 5.82 Å². The van der Waals surface area contributed by atoms with Crippen molar-refractivity contribution in [2.24, 2.45) is 4.99 Å². The van der Waals surface area contributed by atoms with E-state index in [0.29, 0.717) is 62.2 Å². The maximum Gasteiger partial charge on any atom is 0.195 e. The number of anilines is 1. The van der Waals surface area contributed by atoms with Crippen LogP contribution >= 0.6 is 0 Å². The van der Waals surface area contributed by atoms with Gasteiger partial charge >= 0.3 is 0 Å². The summed E-state index contributed by atoms with van der Waals surface area (Å²) < 4.78 is 47.9. The minimum absolute atomic E-state index is 0.0725. The van der Waals surface area contributed by atoms with Gasteiger partial charge in [0.1, 0.15) is 15.7 Å². The third-order valence-electron chi connectivity index (χ3n) is 4.60. The van der Waals surface area contributed by atoms with Crippen LogP contribution in [0.3, 0.4) is 0 Å². The van der Waals surface area contributed by atoms with Gasteiger partial charge in [0.15, 0.2) is 17.5 Å². The molecule has 0 radical (unpaired) electrons. The van der Waals surface area contributed by atoms with Crippen LogP contribution in [0.4, 0.5) is 10.1 Å². The lowest BCUT2D eigenvalue weighted by Crippen LogP contribution is -2.33. The highest BCUT2D eigenvalue weighted by Gasteiger charge is 2.12. The number of nitrogens with one attached hydrogen (secondary N) is 2. The average molecular weight is 450 g/mol. The maximum atomic E-state index is 13.9. The van der Waals surface area contributed by atoms with Gasteiger partial charge < -0.3 is 20.1 Å². The third kappa shape index (κ3) is 7.75. The number of fused-ring (bicyclic) bond motifs is 1. The van der Waals surface area contributed by atoms with E-state index in [1.54, 1.807) is 18.2 Å². The number of hydrogen-bond donors (Lipinski definition) is 2. The summed E-state index contributed by atoms with van der Waals surface area (Å²) in [4.78, 5) is 4.47. The number of sulfone groups is 1. The number of guanidine groups is 1. The van der Waals surface area contributed by atoms with Crippen LogP contribution < -0.4 is 20.1 Å². The van der Waals surface area contributed by atoms with Crippen LogP contribution in [0.2, 0.25) is 0 Å². The van der Waals surface area contributed by atoms with E-state index < -0.39 is 9.84 Å². The second kappa shape index (κ2) is 11.0. The predicted molar refractivity (Wildman–Crippen MR) is 120 cm³/mol. The van der Waals surface area contributed by atoms with E-state index in [1.165, 1.54) is 12.3 Å². The van der Waals surface area contributed by atoms with Gasteiger partial charge in [-0.3, -0.25) is 4.99 Å². The Balaban J connectivity index is 1.66. The fraction of sp³-hybridized carbons (Fsp3) is 0.409. The predicted octanol–water partition coefficient (Wildman–Crippen LogP) is 3.02. The average Bonchev–Trinajstić information content (AvgIpc) is 2.96. The topological polar surface area (TPSA) is 89.0 Å². The van der Waals surface area contributed by atoms with E-state index in [1.807, 2.05) is 18.2 Å². The SMILES string of the molecule is CS(=O)(=O)CCCN=C(NCCc1ccccc1F)Nc1ccc2c(c1)OCCCO2. The van der Waals surface area contributed by atoms with Crippen LogP contribution in [0.5, 0.6) is 11.5 Å². The van der Waals surface area contributed by atoms with Crippen molar-refractivity contribution in [2.75, 3.05) is 43.6 Å². The molecule has 1 aliphatic heterocycles. The van der Waals surface area contributed by atoms with Gasteiger partial charge in [0, 0.05) is 37.5 Å². The Morgan fingerprint density at radius 1 is 1.13 bits per heavy atom.